The summed E-state index contributed by atoms with van der Waals surface area (Å²) >= 11 is 0. The molecule has 1 aromatic carbocycles. The van der Waals surface area contributed by atoms with Crippen LogP contribution in [0.4, 0.5) is 10.4 Å². The van der Waals surface area contributed by atoms with Crippen molar-refractivity contribution >= 4 is 6.01 Å². The summed E-state index contributed by atoms with van der Waals surface area (Å²) in [7, 11) is 1.64. The molecule has 21 heavy (non-hydrogen) atoms. The highest BCUT2D eigenvalue weighted by molar-refractivity contribution is 5.28. The fourth-order valence-corrected chi connectivity index (χ4v) is 1.80. The van der Waals surface area contributed by atoms with Crippen molar-refractivity contribution < 1.29 is 13.5 Å². The molecule has 0 amide bonds. The van der Waals surface area contributed by atoms with Gasteiger partial charge in [0, 0.05) is 13.7 Å². The first kappa shape index (κ1) is 15.4. The zero-order valence-electron chi connectivity index (χ0n) is 12.1. The maximum absolute atomic E-state index is 13.2. The monoisotopic (exact) mass is 294 g/mol. The topological polar surface area (TPSA) is 72.2 Å². The molecule has 1 unspecified atom stereocenters. The Balaban J connectivity index is 1.87. The first-order valence-electron chi connectivity index (χ1n) is 6.73. The van der Waals surface area contributed by atoms with Crippen molar-refractivity contribution in [2.24, 2.45) is 0 Å². The predicted octanol–water partition coefficient (Wildman–Crippen LogP) is 2.12. The lowest BCUT2D eigenvalue weighted by atomic mass is 10.1. The van der Waals surface area contributed by atoms with Crippen LogP contribution in [0.5, 0.6) is 0 Å². The Kier molecular flexibility index (Phi) is 5.65. The van der Waals surface area contributed by atoms with Crippen LogP contribution in [-0.2, 0) is 11.3 Å². The Hall–Kier alpha value is -1.99. The van der Waals surface area contributed by atoms with E-state index in [9.17, 15) is 4.39 Å². The molecular formula is C14H19FN4O2. The van der Waals surface area contributed by atoms with Crippen molar-refractivity contribution in [1.82, 2.24) is 15.5 Å². The van der Waals surface area contributed by atoms with Crippen LogP contribution in [0.1, 0.15) is 24.4 Å². The number of rotatable bonds is 8. The van der Waals surface area contributed by atoms with E-state index in [4.69, 9.17) is 9.15 Å². The normalized spacial score (nSPS) is 12.3. The van der Waals surface area contributed by atoms with E-state index in [0.717, 1.165) is 5.56 Å². The van der Waals surface area contributed by atoms with Gasteiger partial charge in [0.2, 0.25) is 5.89 Å². The van der Waals surface area contributed by atoms with Gasteiger partial charge in [-0.3, -0.25) is 0 Å². The standard InChI is InChI=1S/C14H19FN4O2/c1-10(11-4-3-5-12(15)8-11)17-14-19-18-13(21-14)9-16-6-7-20-2/h3-5,8,10,16H,6-7,9H2,1-2H3,(H,17,19). The number of ether oxygens (including phenoxy) is 1. The first-order chi connectivity index (χ1) is 10.2. The number of nitrogens with one attached hydrogen (secondary N) is 2. The van der Waals surface area contributed by atoms with Gasteiger partial charge in [0.15, 0.2) is 0 Å². The maximum atomic E-state index is 13.2. The second-order valence-electron chi connectivity index (χ2n) is 4.59. The van der Waals surface area contributed by atoms with E-state index in [1.54, 1.807) is 13.2 Å². The largest absolute Gasteiger partial charge is 0.407 e. The Morgan fingerprint density at radius 1 is 1.38 bits per heavy atom. The molecule has 7 heteroatoms. The highest BCUT2D eigenvalue weighted by Gasteiger charge is 2.11. The molecule has 0 bridgehead atoms. The van der Waals surface area contributed by atoms with Crippen LogP contribution < -0.4 is 10.6 Å². The molecule has 1 heterocycles. The first-order valence-corrected chi connectivity index (χ1v) is 6.73. The lowest BCUT2D eigenvalue weighted by molar-refractivity contribution is 0.198. The van der Waals surface area contributed by atoms with Gasteiger partial charge in [0.1, 0.15) is 5.82 Å². The van der Waals surface area contributed by atoms with Crippen molar-refractivity contribution in [2.45, 2.75) is 19.5 Å². The van der Waals surface area contributed by atoms with E-state index >= 15 is 0 Å². The average Bonchev–Trinajstić information content (AvgIpc) is 2.91. The lowest BCUT2D eigenvalue weighted by Crippen LogP contribution is -2.18. The Bertz CT molecular complexity index is 561. The fraction of sp³-hybridized carbons (Fsp3) is 0.429. The molecule has 2 N–H and O–H groups in total. The number of halogens is 1. The summed E-state index contributed by atoms with van der Waals surface area (Å²) in [6.45, 7) is 3.71. The summed E-state index contributed by atoms with van der Waals surface area (Å²) in [5.74, 6) is 0.217. The van der Waals surface area contributed by atoms with Crippen LogP contribution in [0.2, 0.25) is 0 Å². The molecule has 0 fully saturated rings. The molecule has 114 valence electrons. The van der Waals surface area contributed by atoms with Crippen molar-refractivity contribution in [2.75, 3.05) is 25.6 Å². The molecule has 1 atom stereocenters. The third kappa shape index (κ3) is 4.80. The SMILES string of the molecule is COCCNCc1nnc(NC(C)c2cccc(F)c2)o1. The van der Waals surface area contributed by atoms with Gasteiger partial charge >= 0.3 is 6.01 Å². The van der Waals surface area contributed by atoms with Crippen molar-refractivity contribution in [3.8, 4) is 0 Å². The summed E-state index contributed by atoms with van der Waals surface area (Å²) in [6.07, 6.45) is 0. The predicted molar refractivity (Wildman–Crippen MR) is 76.3 cm³/mol. The van der Waals surface area contributed by atoms with Crippen LogP contribution in [0, 0.1) is 5.82 Å². The van der Waals surface area contributed by atoms with Crippen LogP contribution in [0.25, 0.3) is 0 Å². The molecule has 6 nitrogen and oxygen atoms in total. The van der Waals surface area contributed by atoms with E-state index in [0.29, 0.717) is 31.6 Å². The molecule has 0 aliphatic heterocycles. The summed E-state index contributed by atoms with van der Waals surface area (Å²) in [5, 5.41) is 14.0. The van der Waals surface area contributed by atoms with E-state index < -0.39 is 0 Å². The fourth-order valence-electron chi connectivity index (χ4n) is 1.80. The number of benzene rings is 1. The summed E-state index contributed by atoms with van der Waals surface area (Å²) in [4.78, 5) is 0. The molecule has 0 saturated heterocycles. The van der Waals surface area contributed by atoms with Crippen LogP contribution in [0.15, 0.2) is 28.7 Å². The number of hydrogen-bond donors (Lipinski definition) is 2. The summed E-state index contributed by atoms with van der Waals surface area (Å²) < 4.78 is 23.6. The number of methoxy groups -OCH3 is 1. The van der Waals surface area contributed by atoms with E-state index in [1.807, 2.05) is 13.0 Å². The van der Waals surface area contributed by atoms with Gasteiger partial charge in [-0.1, -0.05) is 17.2 Å². The van der Waals surface area contributed by atoms with Gasteiger partial charge in [-0.15, -0.1) is 5.10 Å². The van der Waals surface area contributed by atoms with Gasteiger partial charge in [-0.2, -0.15) is 0 Å². The van der Waals surface area contributed by atoms with Crippen molar-refractivity contribution in [3.63, 3.8) is 0 Å². The second kappa shape index (κ2) is 7.70. The Labute approximate surface area is 122 Å². The van der Waals surface area contributed by atoms with Crippen molar-refractivity contribution in [1.29, 1.82) is 0 Å². The quantitative estimate of drug-likeness (QED) is 0.727. The number of aromatic nitrogens is 2. The Morgan fingerprint density at radius 2 is 2.24 bits per heavy atom. The van der Waals surface area contributed by atoms with E-state index in [2.05, 4.69) is 20.8 Å². The highest BCUT2D eigenvalue weighted by Crippen LogP contribution is 2.18. The molecule has 0 aliphatic rings. The number of hydrogen-bond acceptors (Lipinski definition) is 6. The minimum absolute atomic E-state index is 0.129. The summed E-state index contributed by atoms with van der Waals surface area (Å²) in [6, 6.07) is 6.57. The zero-order valence-corrected chi connectivity index (χ0v) is 12.1. The van der Waals surface area contributed by atoms with Crippen LogP contribution >= 0.6 is 0 Å². The molecule has 0 radical (unpaired) electrons. The third-order valence-electron chi connectivity index (χ3n) is 2.91. The van der Waals surface area contributed by atoms with Crippen LogP contribution in [-0.4, -0.2) is 30.5 Å². The smallest absolute Gasteiger partial charge is 0.315 e. The molecule has 2 aromatic rings. The molecule has 2 rings (SSSR count). The third-order valence-corrected chi connectivity index (χ3v) is 2.91. The second-order valence-corrected chi connectivity index (χ2v) is 4.59. The molecule has 1 aromatic heterocycles. The van der Waals surface area contributed by atoms with Crippen molar-refractivity contribution in [3.05, 3.63) is 41.5 Å². The van der Waals surface area contributed by atoms with Gasteiger partial charge in [0.25, 0.3) is 0 Å². The van der Waals surface area contributed by atoms with Gasteiger partial charge in [-0.05, 0) is 24.6 Å². The number of nitrogens with zero attached hydrogens (tertiary/aromatic N) is 2. The van der Waals surface area contributed by atoms with Gasteiger partial charge in [-0.25, -0.2) is 4.39 Å². The summed E-state index contributed by atoms with van der Waals surface area (Å²) in [5.41, 5.74) is 0.813. The van der Waals surface area contributed by atoms with Gasteiger partial charge in [0.05, 0.1) is 19.2 Å². The molecule has 0 aliphatic carbocycles. The minimum atomic E-state index is -0.269. The Morgan fingerprint density at radius 3 is 3.00 bits per heavy atom. The highest BCUT2D eigenvalue weighted by atomic mass is 19.1. The van der Waals surface area contributed by atoms with Crippen LogP contribution in [0.3, 0.4) is 0 Å². The molecule has 0 spiro atoms. The van der Waals surface area contributed by atoms with Gasteiger partial charge < -0.3 is 19.8 Å². The maximum Gasteiger partial charge on any atom is 0.315 e. The number of anilines is 1. The lowest BCUT2D eigenvalue weighted by Gasteiger charge is -2.11. The van der Waals surface area contributed by atoms with E-state index in [1.165, 1.54) is 12.1 Å². The minimum Gasteiger partial charge on any atom is -0.407 e. The zero-order chi connectivity index (χ0) is 15.1. The molecular weight excluding hydrogens is 275 g/mol. The average molecular weight is 294 g/mol. The van der Waals surface area contributed by atoms with E-state index in [-0.39, 0.29) is 11.9 Å². The molecule has 0 saturated carbocycles.